The summed E-state index contributed by atoms with van der Waals surface area (Å²) < 4.78 is 5.63. The van der Waals surface area contributed by atoms with Crippen LogP contribution in [-0.4, -0.2) is 28.4 Å². The molecular weight excluding hydrogens is 468 g/mol. The quantitative estimate of drug-likeness (QED) is 0.335. The second kappa shape index (κ2) is 10.3. The largest absolute Gasteiger partial charge is 0.411 e. The molecule has 1 aliphatic heterocycles. The van der Waals surface area contributed by atoms with Crippen molar-refractivity contribution in [3.8, 4) is 11.5 Å². The van der Waals surface area contributed by atoms with E-state index in [0.717, 1.165) is 30.6 Å². The lowest BCUT2D eigenvalue weighted by atomic mass is 10.1. The third-order valence-electron chi connectivity index (χ3n) is 5.69. The van der Waals surface area contributed by atoms with Gasteiger partial charge in [-0.15, -0.1) is 10.2 Å². The van der Waals surface area contributed by atoms with E-state index in [-0.39, 0.29) is 11.7 Å². The molecule has 172 valence electrons. The number of fused-ring (bicyclic) bond motifs is 1. The minimum absolute atomic E-state index is 0.0889. The summed E-state index contributed by atoms with van der Waals surface area (Å²) in [6.07, 6.45) is 1.10. The van der Waals surface area contributed by atoms with Gasteiger partial charge in [0.2, 0.25) is 11.8 Å². The van der Waals surface area contributed by atoms with E-state index in [9.17, 15) is 4.79 Å². The minimum atomic E-state index is -0.0889. The van der Waals surface area contributed by atoms with Crippen molar-refractivity contribution >= 4 is 35.0 Å². The van der Waals surface area contributed by atoms with E-state index in [1.807, 2.05) is 12.1 Å². The second-order valence-corrected chi connectivity index (χ2v) is 9.43. The summed E-state index contributed by atoms with van der Waals surface area (Å²) in [5, 5.41) is 12.0. The van der Waals surface area contributed by atoms with Crippen molar-refractivity contribution in [2.45, 2.75) is 24.7 Å². The topological polar surface area (TPSA) is 71.3 Å². The lowest BCUT2D eigenvalue weighted by molar-refractivity contribution is -0.118. The number of anilines is 1. The Bertz CT molecular complexity index is 1270. The first-order chi connectivity index (χ1) is 16.6. The van der Waals surface area contributed by atoms with Gasteiger partial charge in [-0.3, -0.25) is 4.79 Å². The molecule has 0 aliphatic carbocycles. The average molecular weight is 491 g/mol. The normalized spacial score (nSPS) is 12.6. The Hall–Kier alpha value is -3.29. The summed E-state index contributed by atoms with van der Waals surface area (Å²) in [5.74, 6) is 0.514. The molecule has 4 aromatic rings. The van der Waals surface area contributed by atoms with Gasteiger partial charge >= 0.3 is 0 Å². The fraction of sp³-hybridized carbons (Fsp3) is 0.192. The van der Waals surface area contributed by atoms with Crippen LogP contribution in [0.3, 0.4) is 0 Å². The van der Waals surface area contributed by atoms with Crippen LogP contribution in [-0.2, 0) is 24.3 Å². The predicted molar refractivity (Wildman–Crippen MR) is 135 cm³/mol. The van der Waals surface area contributed by atoms with E-state index in [0.29, 0.717) is 22.7 Å². The van der Waals surface area contributed by atoms with Crippen molar-refractivity contribution in [1.29, 1.82) is 0 Å². The van der Waals surface area contributed by atoms with Gasteiger partial charge in [0.05, 0.1) is 5.75 Å². The first-order valence-electron chi connectivity index (χ1n) is 11.0. The third kappa shape index (κ3) is 5.43. The van der Waals surface area contributed by atoms with Crippen LogP contribution in [0, 0.1) is 0 Å². The monoisotopic (exact) mass is 490 g/mol. The van der Waals surface area contributed by atoms with Crippen LogP contribution in [0.1, 0.15) is 16.7 Å². The van der Waals surface area contributed by atoms with Crippen LogP contribution < -0.4 is 10.2 Å². The van der Waals surface area contributed by atoms with Crippen LogP contribution in [0.2, 0.25) is 5.02 Å². The van der Waals surface area contributed by atoms with E-state index in [2.05, 4.69) is 68.9 Å². The highest BCUT2D eigenvalue weighted by atomic mass is 35.5. The van der Waals surface area contributed by atoms with E-state index in [4.69, 9.17) is 16.0 Å². The first kappa shape index (κ1) is 22.5. The molecule has 0 saturated heterocycles. The smallest absolute Gasteiger partial charge is 0.277 e. The molecule has 6 nitrogen and oxygen atoms in total. The van der Waals surface area contributed by atoms with Crippen molar-refractivity contribution in [3.05, 3.63) is 94.5 Å². The fourth-order valence-electron chi connectivity index (χ4n) is 3.91. The molecule has 0 unspecified atom stereocenters. The maximum atomic E-state index is 12.3. The van der Waals surface area contributed by atoms with Crippen molar-refractivity contribution < 1.29 is 9.21 Å². The molecule has 0 bridgehead atoms. The fourth-order valence-corrected chi connectivity index (χ4v) is 4.63. The minimum Gasteiger partial charge on any atom is -0.411 e. The molecule has 5 rings (SSSR count). The highest BCUT2D eigenvalue weighted by Gasteiger charge is 2.18. The number of carbonyl (C=O) groups excluding carboxylic acids is 1. The number of thioether (sulfide) groups is 1. The molecule has 1 aliphatic rings. The Labute approximate surface area is 207 Å². The maximum Gasteiger partial charge on any atom is 0.277 e. The number of rotatable bonds is 8. The SMILES string of the molecule is O=C(CSc1nnc(-c2ccc(Cl)cc2)o1)NCc1ccc(CN2CCc3ccccc32)cc1. The number of nitrogens with zero attached hydrogens (tertiary/aromatic N) is 3. The Morgan fingerprint density at radius 3 is 2.59 bits per heavy atom. The van der Waals surface area contributed by atoms with E-state index in [1.54, 1.807) is 12.1 Å². The van der Waals surface area contributed by atoms with Gasteiger partial charge in [-0.2, -0.15) is 0 Å². The van der Waals surface area contributed by atoms with Gasteiger partial charge in [-0.25, -0.2) is 0 Å². The van der Waals surface area contributed by atoms with Gasteiger partial charge in [-0.1, -0.05) is 65.8 Å². The second-order valence-electron chi connectivity index (χ2n) is 8.06. The van der Waals surface area contributed by atoms with Gasteiger partial charge in [0.25, 0.3) is 5.22 Å². The van der Waals surface area contributed by atoms with Crippen LogP contribution in [0.4, 0.5) is 5.69 Å². The Kier molecular flexibility index (Phi) is 6.83. The summed E-state index contributed by atoms with van der Waals surface area (Å²) in [6.45, 7) is 2.42. The van der Waals surface area contributed by atoms with Gasteiger partial charge in [-0.05, 0) is 53.4 Å². The van der Waals surface area contributed by atoms with Crippen LogP contribution in [0.25, 0.3) is 11.5 Å². The lowest BCUT2D eigenvalue weighted by Gasteiger charge is -2.19. The summed E-state index contributed by atoms with van der Waals surface area (Å²) in [7, 11) is 0. The highest BCUT2D eigenvalue weighted by molar-refractivity contribution is 7.99. The summed E-state index contributed by atoms with van der Waals surface area (Å²) >= 11 is 7.12. The number of amides is 1. The molecule has 0 radical (unpaired) electrons. The summed E-state index contributed by atoms with van der Waals surface area (Å²) in [6, 6.07) is 24.2. The van der Waals surface area contributed by atoms with Crippen LogP contribution >= 0.6 is 23.4 Å². The van der Waals surface area contributed by atoms with E-state index in [1.165, 1.54) is 28.6 Å². The van der Waals surface area contributed by atoms with Crippen molar-refractivity contribution in [2.24, 2.45) is 0 Å². The predicted octanol–water partition coefficient (Wildman–Crippen LogP) is 5.36. The molecule has 0 spiro atoms. The van der Waals surface area contributed by atoms with Crippen LogP contribution in [0.5, 0.6) is 0 Å². The number of hydrogen-bond donors (Lipinski definition) is 1. The molecule has 1 N–H and O–H groups in total. The Morgan fingerprint density at radius 1 is 1.00 bits per heavy atom. The van der Waals surface area contributed by atoms with Gasteiger partial charge < -0.3 is 14.6 Å². The Balaban J connectivity index is 1.08. The average Bonchev–Trinajstić information content (AvgIpc) is 3.50. The zero-order chi connectivity index (χ0) is 23.3. The molecule has 0 fully saturated rings. The molecule has 0 atom stereocenters. The third-order valence-corrected chi connectivity index (χ3v) is 6.76. The van der Waals surface area contributed by atoms with E-state index >= 15 is 0 Å². The zero-order valence-electron chi connectivity index (χ0n) is 18.4. The maximum absolute atomic E-state index is 12.3. The molecule has 2 heterocycles. The number of hydrogen-bond acceptors (Lipinski definition) is 6. The van der Waals surface area contributed by atoms with Crippen molar-refractivity contribution in [3.63, 3.8) is 0 Å². The number of benzene rings is 3. The molecule has 0 saturated carbocycles. The molecule has 3 aromatic carbocycles. The number of nitrogens with one attached hydrogen (secondary N) is 1. The Morgan fingerprint density at radius 2 is 1.76 bits per heavy atom. The number of aromatic nitrogens is 2. The summed E-state index contributed by atoms with van der Waals surface area (Å²) in [5.41, 5.74) is 5.85. The highest BCUT2D eigenvalue weighted by Crippen LogP contribution is 2.29. The summed E-state index contributed by atoms with van der Waals surface area (Å²) in [4.78, 5) is 14.7. The molecule has 8 heteroatoms. The molecule has 1 amide bonds. The number of para-hydroxylation sites is 1. The van der Waals surface area contributed by atoms with Crippen LogP contribution in [0.15, 0.2) is 82.4 Å². The molecule has 34 heavy (non-hydrogen) atoms. The molecular formula is C26H23ClN4O2S. The molecule has 1 aromatic heterocycles. The zero-order valence-corrected chi connectivity index (χ0v) is 20.0. The van der Waals surface area contributed by atoms with Crippen molar-refractivity contribution in [1.82, 2.24) is 15.5 Å². The van der Waals surface area contributed by atoms with E-state index < -0.39 is 0 Å². The van der Waals surface area contributed by atoms with Crippen molar-refractivity contribution in [2.75, 3.05) is 17.2 Å². The van der Waals surface area contributed by atoms with Gasteiger partial charge in [0.15, 0.2) is 0 Å². The number of halogens is 1. The van der Waals surface area contributed by atoms with Gasteiger partial charge in [0, 0.05) is 35.9 Å². The lowest BCUT2D eigenvalue weighted by Crippen LogP contribution is -2.24. The van der Waals surface area contributed by atoms with Gasteiger partial charge in [0.1, 0.15) is 0 Å². The standard InChI is InChI=1S/C26H23ClN4O2S/c27-22-11-9-21(10-12-22)25-29-30-26(33-25)34-17-24(32)28-15-18-5-7-19(8-6-18)16-31-14-13-20-3-1-2-4-23(20)31/h1-12H,13-17H2,(H,28,32). The number of carbonyl (C=O) groups is 1. The first-order valence-corrected chi connectivity index (χ1v) is 12.4.